The van der Waals surface area contributed by atoms with E-state index >= 15 is 0 Å². The first-order valence-electron chi connectivity index (χ1n) is 6.92. The highest BCUT2D eigenvalue weighted by Gasteiger charge is 2.45. The number of ether oxygens (including phenoxy) is 3. The Hall–Kier alpha value is -2.88. The highest BCUT2D eigenvalue weighted by Crippen LogP contribution is 2.33. The van der Waals surface area contributed by atoms with Crippen LogP contribution in [0.15, 0.2) is 27.8 Å². The maximum atomic E-state index is 11.9. The van der Waals surface area contributed by atoms with E-state index in [2.05, 4.69) is 9.72 Å². The lowest BCUT2D eigenvalue weighted by Gasteiger charge is -2.17. The molecule has 10 heteroatoms. The molecule has 0 aliphatic carbocycles. The molecule has 0 amide bonds. The van der Waals surface area contributed by atoms with Gasteiger partial charge in [0.1, 0.15) is 6.26 Å². The van der Waals surface area contributed by atoms with Gasteiger partial charge in [-0.1, -0.05) is 0 Å². The molecule has 24 heavy (non-hydrogen) atoms. The summed E-state index contributed by atoms with van der Waals surface area (Å²) in [6.45, 7) is 3.74. The quantitative estimate of drug-likeness (QED) is 0.532. The molecule has 1 aliphatic rings. The van der Waals surface area contributed by atoms with Crippen molar-refractivity contribution in [1.29, 1.82) is 0 Å². The van der Waals surface area contributed by atoms with Crippen LogP contribution >= 0.6 is 0 Å². The summed E-state index contributed by atoms with van der Waals surface area (Å²) < 4.78 is 16.0. The van der Waals surface area contributed by atoms with E-state index in [1.54, 1.807) is 0 Å². The van der Waals surface area contributed by atoms with Crippen LogP contribution in [0.5, 0.6) is 0 Å². The number of aliphatic hydroxyl groups excluding tert-OH is 1. The van der Waals surface area contributed by atoms with Crippen molar-refractivity contribution >= 4 is 11.9 Å². The Balaban J connectivity index is 2.42. The molecule has 2 rings (SSSR count). The van der Waals surface area contributed by atoms with E-state index in [1.165, 1.54) is 13.1 Å². The molecule has 1 saturated heterocycles. The first kappa shape index (κ1) is 17.5. The second-order valence-corrected chi connectivity index (χ2v) is 5.14. The minimum atomic E-state index is -1.46. The highest BCUT2D eigenvalue weighted by molar-refractivity contribution is 5.67. The van der Waals surface area contributed by atoms with Gasteiger partial charge in [0, 0.05) is 25.6 Å². The van der Waals surface area contributed by atoms with Crippen molar-refractivity contribution in [3.8, 4) is 0 Å². The fourth-order valence-electron chi connectivity index (χ4n) is 2.13. The third-order valence-electron chi connectivity index (χ3n) is 3.19. The Bertz CT molecular complexity index is 806. The Morgan fingerprint density at radius 2 is 2.00 bits per heavy atom. The molecule has 0 bridgehead atoms. The largest absolute Gasteiger partial charge is 0.464 e. The molecule has 1 aliphatic heterocycles. The highest BCUT2D eigenvalue weighted by atomic mass is 16.6. The maximum Gasteiger partial charge on any atom is 0.331 e. The van der Waals surface area contributed by atoms with Crippen LogP contribution in [-0.2, 0) is 23.8 Å². The van der Waals surface area contributed by atoms with Gasteiger partial charge in [0.15, 0.2) is 18.0 Å². The number of aromatic nitrogens is 2. The molecule has 2 heterocycles. The summed E-state index contributed by atoms with van der Waals surface area (Å²) in [4.78, 5) is 47.5. The average Bonchev–Trinajstić information content (AvgIpc) is 2.77. The summed E-state index contributed by atoms with van der Waals surface area (Å²) >= 11 is 0. The van der Waals surface area contributed by atoms with Gasteiger partial charge in [0.25, 0.3) is 5.56 Å². The monoisotopic (exact) mass is 340 g/mol. The molecule has 1 unspecified atom stereocenters. The number of hydrogen-bond donors (Lipinski definition) is 2. The minimum Gasteiger partial charge on any atom is -0.464 e. The lowest BCUT2D eigenvalue weighted by molar-refractivity contribution is -0.149. The summed E-state index contributed by atoms with van der Waals surface area (Å²) in [5.41, 5.74) is -1.17. The van der Waals surface area contributed by atoms with E-state index in [1.807, 2.05) is 0 Å². The van der Waals surface area contributed by atoms with Gasteiger partial charge in [0.05, 0.1) is 0 Å². The summed E-state index contributed by atoms with van der Waals surface area (Å²) in [7, 11) is 0. The molecule has 1 fully saturated rings. The minimum absolute atomic E-state index is 0.145. The molecule has 1 aromatic heterocycles. The van der Waals surface area contributed by atoms with Gasteiger partial charge in [-0.3, -0.25) is 23.9 Å². The van der Waals surface area contributed by atoms with E-state index < -0.39 is 41.6 Å². The zero-order valence-corrected chi connectivity index (χ0v) is 13.1. The molecular weight excluding hydrogens is 324 g/mol. The van der Waals surface area contributed by atoms with Crippen molar-refractivity contribution < 1.29 is 28.9 Å². The number of aryl methyl sites for hydroxylation is 1. The number of H-pyrrole nitrogens is 1. The molecule has 3 atom stereocenters. The van der Waals surface area contributed by atoms with Crippen LogP contribution in [0.3, 0.4) is 0 Å². The van der Waals surface area contributed by atoms with E-state index in [9.17, 15) is 24.3 Å². The standard InChI is InChI=1S/C14H16N2O8/c1-6-4-16(14(21)15-12(6)20)13-10(19)11(23-8(3)18)9(24-13)5-22-7(2)17/h4-5,10-11,13,19H,1-3H3,(H,15,20,21)/b9-5+/t10-,11?,13+/m1/s1. The smallest absolute Gasteiger partial charge is 0.331 e. The van der Waals surface area contributed by atoms with Crippen molar-refractivity contribution in [3.63, 3.8) is 0 Å². The molecule has 1 aromatic rings. The van der Waals surface area contributed by atoms with Crippen LogP contribution in [0.25, 0.3) is 0 Å². The summed E-state index contributed by atoms with van der Waals surface area (Å²) in [5, 5.41) is 10.3. The summed E-state index contributed by atoms with van der Waals surface area (Å²) in [6, 6.07) is 0. The van der Waals surface area contributed by atoms with Crippen LogP contribution in [0.4, 0.5) is 0 Å². The normalized spacial score (nSPS) is 24.5. The van der Waals surface area contributed by atoms with E-state index in [0.29, 0.717) is 0 Å². The number of carbonyl (C=O) groups is 2. The number of esters is 2. The third-order valence-corrected chi connectivity index (χ3v) is 3.19. The number of hydrogen-bond acceptors (Lipinski definition) is 8. The molecule has 10 nitrogen and oxygen atoms in total. The number of aromatic amines is 1. The Labute approximate surface area is 135 Å². The van der Waals surface area contributed by atoms with Gasteiger partial charge in [-0.05, 0) is 6.92 Å². The predicted molar refractivity (Wildman–Crippen MR) is 77.6 cm³/mol. The topological polar surface area (TPSA) is 137 Å². The van der Waals surface area contributed by atoms with Crippen molar-refractivity contribution in [1.82, 2.24) is 9.55 Å². The Morgan fingerprint density at radius 1 is 1.33 bits per heavy atom. The van der Waals surface area contributed by atoms with Crippen LogP contribution in [0.1, 0.15) is 25.6 Å². The van der Waals surface area contributed by atoms with Gasteiger partial charge in [-0.25, -0.2) is 4.79 Å². The zero-order chi connectivity index (χ0) is 18.0. The van der Waals surface area contributed by atoms with Crippen molar-refractivity contribution in [3.05, 3.63) is 44.6 Å². The lowest BCUT2D eigenvalue weighted by Crippen LogP contribution is -2.39. The molecular formula is C14H16N2O8. The van der Waals surface area contributed by atoms with Gasteiger partial charge in [0.2, 0.25) is 6.23 Å². The second kappa shape index (κ2) is 6.71. The number of nitrogens with zero attached hydrogens (tertiary/aromatic N) is 1. The van der Waals surface area contributed by atoms with E-state index in [0.717, 1.165) is 24.7 Å². The zero-order valence-electron chi connectivity index (χ0n) is 13.1. The van der Waals surface area contributed by atoms with Crippen molar-refractivity contribution in [2.75, 3.05) is 0 Å². The summed E-state index contributed by atoms with van der Waals surface area (Å²) in [6.07, 6.45) is -1.92. The van der Waals surface area contributed by atoms with Crippen molar-refractivity contribution in [2.45, 2.75) is 39.2 Å². The van der Waals surface area contributed by atoms with Gasteiger partial charge in [-0.15, -0.1) is 0 Å². The SMILES string of the molecule is CC(=O)O/C=C1/O[C@H](n2cc(C)c(=O)[nH]c2=O)[C@H](O)C1OC(C)=O. The number of nitrogens with one attached hydrogen (secondary N) is 1. The fourth-order valence-corrected chi connectivity index (χ4v) is 2.13. The third kappa shape index (κ3) is 3.54. The first-order chi connectivity index (χ1) is 11.2. The lowest BCUT2D eigenvalue weighted by atomic mass is 10.2. The number of carbonyl (C=O) groups excluding carboxylic acids is 2. The predicted octanol–water partition coefficient (Wildman–Crippen LogP) is -0.929. The maximum absolute atomic E-state index is 11.9. The van der Waals surface area contributed by atoms with Gasteiger partial charge in [-0.2, -0.15) is 0 Å². The van der Waals surface area contributed by atoms with Crippen LogP contribution in [-0.4, -0.2) is 38.8 Å². The molecule has 130 valence electrons. The molecule has 0 radical (unpaired) electrons. The van der Waals surface area contributed by atoms with Crippen LogP contribution in [0.2, 0.25) is 0 Å². The molecule has 0 spiro atoms. The van der Waals surface area contributed by atoms with Crippen LogP contribution in [0, 0.1) is 6.92 Å². The van der Waals surface area contributed by atoms with E-state index in [-0.39, 0.29) is 11.3 Å². The van der Waals surface area contributed by atoms with Gasteiger partial charge >= 0.3 is 17.6 Å². The second-order valence-electron chi connectivity index (χ2n) is 5.14. The number of aliphatic hydroxyl groups is 1. The average molecular weight is 340 g/mol. The number of rotatable bonds is 3. The van der Waals surface area contributed by atoms with E-state index in [4.69, 9.17) is 9.47 Å². The first-order valence-corrected chi connectivity index (χ1v) is 6.92. The van der Waals surface area contributed by atoms with Gasteiger partial charge < -0.3 is 19.3 Å². The summed E-state index contributed by atoms with van der Waals surface area (Å²) in [5.74, 6) is -1.50. The van der Waals surface area contributed by atoms with Crippen molar-refractivity contribution in [2.24, 2.45) is 0 Å². The molecule has 0 saturated carbocycles. The van der Waals surface area contributed by atoms with Crippen LogP contribution < -0.4 is 11.2 Å². The fraction of sp³-hybridized carbons (Fsp3) is 0.429. The molecule has 0 aromatic carbocycles. The Kier molecular flexibility index (Phi) is 4.88. The Morgan fingerprint density at radius 3 is 2.58 bits per heavy atom. The molecule has 2 N–H and O–H groups in total.